The third-order valence-electron chi connectivity index (χ3n) is 4.43. The molecule has 2 bridgehead atoms. The summed E-state index contributed by atoms with van der Waals surface area (Å²) < 4.78 is 5.19. The lowest BCUT2D eigenvalue weighted by molar-refractivity contribution is -0.0582. The second-order valence-corrected chi connectivity index (χ2v) is 5.62. The van der Waals surface area contributed by atoms with Gasteiger partial charge in [0.2, 0.25) is 0 Å². The smallest absolute Gasteiger partial charge is 0.118 e. The number of rotatable bonds is 3. The molecule has 0 amide bonds. The maximum Gasteiger partial charge on any atom is 0.118 e. The molecule has 1 saturated carbocycles. The highest BCUT2D eigenvalue weighted by atomic mass is 35.5. The minimum atomic E-state index is 0. The molecule has 2 saturated heterocycles. The highest BCUT2D eigenvalue weighted by Crippen LogP contribution is 2.57. The van der Waals surface area contributed by atoms with Crippen molar-refractivity contribution < 1.29 is 9.84 Å². The van der Waals surface area contributed by atoms with Crippen LogP contribution in [0.1, 0.15) is 18.4 Å². The first-order valence-electron chi connectivity index (χ1n) is 6.18. The molecule has 2 heterocycles. The van der Waals surface area contributed by atoms with Gasteiger partial charge in [0, 0.05) is 30.5 Å². The van der Waals surface area contributed by atoms with Gasteiger partial charge in [0.25, 0.3) is 0 Å². The van der Waals surface area contributed by atoms with E-state index in [0.717, 1.165) is 31.7 Å². The van der Waals surface area contributed by atoms with Crippen molar-refractivity contribution in [2.24, 2.45) is 5.41 Å². The molecule has 1 aromatic carbocycles. The molecular formula is C14H20ClNO2. The lowest BCUT2D eigenvalue weighted by Crippen LogP contribution is -2.65. The number of halogens is 1. The molecule has 4 rings (SSSR count). The minimum absolute atomic E-state index is 0. The number of hydrogen-bond acceptors (Lipinski definition) is 3. The van der Waals surface area contributed by atoms with Gasteiger partial charge in [0.05, 0.1) is 7.11 Å². The van der Waals surface area contributed by atoms with E-state index in [1.807, 2.05) is 12.1 Å². The Morgan fingerprint density at radius 1 is 1.22 bits per heavy atom. The van der Waals surface area contributed by atoms with Crippen molar-refractivity contribution in [3.63, 3.8) is 0 Å². The molecule has 18 heavy (non-hydrogen) atoms. The second kappa shape index (κ2) is 4.72. The average molecular weight is 270 g/mol. The Morgan fingerprint density at radius 3 is 2.44 bits per heavy atom. The van der Waals surface area contributed by atoms with E-state index in [4.69, 9.17) is 4.74 Å². The monoisotopic (exact) mass is 269 g/mol. The van der Waals surface area contributed by atoms with Crippen molar-refractivity contribution in [2.75, 3.05) is 26.8 Å². The Labute approximate surface area is 114 Å². The standard InChI is InChI=1S/C14H19NO2.ClH/c1-17-12-4-2-11(3-5-12)14-6-13(7-14,10-16)8-15-9-14;/h2-5,15-16H,6-10H2,1H3;1H. The zero-order chi connectivity index (χ0) is 11.9. The van der Waals surface area contributed by atoms with Crippen LogP contribution < -0.4 is 10.1 Å². The van der Waals surface area contributed by atoms with Gasteiger partial charge in [-0.25, -0.2) is 0 Å². The molecule has 3 aliphatic rings. The molecule has 2 aliphatic heterocycles. The van der Waals surface area contributed by atoms with E-state index in [2.05, 4.69) is 17.4 Å². The number of nitrogens with one attached hydrogen (secondary N) is 1. The lowest BCUT2D eigenvalue weighted by atomic mass is 9.48. The summed E-state index contributed by atoms with van der Waals surface area (Å²) in [5.41, 5.74) is 1.75. The van der Waals surface area contributed by atoms with Crippen LogP contribution in [-0.4, -0.2) is 31.9 Å². The molecule has 3 nitrogen and oxygen atoms in total. The van der Waals surface area contributed by atoms with E-state index in [1.54, 1.807) is 7.11 Å². The fraction of sp³-hybridized carbons (Fsp3) is 0.571. The van der Waals surface area contributed by atoms with Crippen LogP contribution in [0.5, 0.6) is 5.75 Å². The van der Waals surface area contributed by atoms with Crippen LogP contribution in [0, 0.1) is 5.41 Å². The number of piperidine rings is 2. The summed E-state index contributed by atoms with van der Waals surface area (Å²) in [5, 5.41) is 12.9. The molecule has 0 spiro atoms. The fourth-order valence-electron chi connectivity index (χ4n) is 3.62. The van der Waals surface area contributed by atoms with Crippen LogP contribution in [0.4, 0.5) is 0 Å². The number of benzene rings is 1. The van der Waals surface area contributed by atoms with Crippen molar-refractivity contribution in [3.8, 4) is 5.75 Å². The quantitative estimate of drug-likeness (QED) is 0.878. The summed E-state index contributed by atoms with van der Waals surface area (Å²) in [5.74, 6) is 0.904. The highest BCUT2D eigenvalue weighted by molar-refractivity contribution is 5.85. The molecule has 0 atom stereocenters. The summed E-state index contributed by atoms with van der Waals surface area (Å²) in [6, 6.07) is 8.37. The second-order valence-electron chi connectivity index (χ2n) is 5.62. The number of ether oxygens (including phenoxy) is 1. The van der Waals surface area contributed by atoms with E-state index in [1.165, 1.54) is 5.56 Å². The van der Waals surface area contributed by atoms with Crippen LogP contribution >= 0.6 is 12.4 Å². The largest absolute Gasteiger partial charge is 0.497 e. The van der Waals surface area contributed by atoms with Crippen LogP contribution in [0.15, 0.2) is 24.3 Å². The van der Waals surface area contributed by atoms with E-state index < -0.39 is 0 Å². The highest BCUT2D eigenvalue weighted by Gasteiger charge is 2.57. The van der Waals surface area contributed by atoms with Crippen molar-refractivity contribution in [1.82, 2.24) is 5.32 Å². The number of aliphatic hydroxyl groups is 1. The van der Waals surface area contributed by atoms with E-state index in [-0.39, 0.29) is 23.2 Å². The van der Waals surface area contributed by atoms with Gasteiger partial charge in [-0.15, -0.1) is 12.4 Å². The molecule has 2 N–H and O–H groups in total. The number of methoxy groups -OCH3 is 1. The van der Waals surface area contributed by atoms with Crippen molar-refractivity contribution in [3.05, 3.63) is 29.8 Å². The lowest BCUT2D eigenvalue weighted by Gasteiger charge is -2.60. The Morgan fingerprint density at radius 2 is 1.89 bits per heavy atom. The van der Waals surface area contributed by atoms with Gasteiger partial charge in [-0.1, -0.05) is 12.1 Å². The van der Waals surface area contributed by atoms with Crippen molar-refractivity contribution in [1.29, 1.82) is 0 Å². The van der Waals surface area contributed by atoms with Gasteiger partial charge in [-0.2, -0.15) is 0 Å². The third kappa shape index (κ3) is 1.91. The molecule has 0 unspecified atom stereocenters. The Kier molecular flexibility index (Phi) is 3.58. The number of aliphatic hydroxyl groups excluding tert-OH is 1. The Balaban J connectivity index is 0.00000120. The predicted octanol–water partition coefficient (Wildman–Crippen LogP) is 1.73. The Bertz CT molecular complexity index is 412. The molecule has 1 aromatic rings. The molecule has 0 radical (unpaired) electrons. The maximum atomic E-state index is 9.47. The summed E-state index contributed by atoms with van der Waals surface area (Å²) in [6.07, 6.45) is 2.21. The van der Waals surface area contributed by atoms with Crippen LogP contribution in [-0.2, 0) is 5.41 Å². The van der Waals surface area contributed by atoms with Crippen molar-refractivity contribution in [2.45, 2.75) is 18.3 Å². The van der Waals surface area contributed by atoms with Gasteiger partial charge < -0.3 is 15.2 Å². The molecule has 3 fully saturated rings. The first kappa shape index (κ1) is 13.7. The molecule has 1 aliphatic carbocycles. The number of hydrogen-bond donors (Lipinski definition) is 2. The molecular weight excluding hydrogens is 250 g/mol. The van der Waals surface area contributed by atoms with Crippen molar-refractivity contribution >= 4 is 12.4 Å². The minimum Gasteiger partial charge on any atom is -0.497 e. The van der Waals surface area contributed by atoms with Crippen LogP contribution in [0.25, 0.3) is 0 Å². The summed E-state index contributed by atoms with van der Waals surface area (Å²) in [4.78, 5) is 0. The fourth-order valence-corrected chi connectivity index (χ4v) is 3.62. The van der Waals surface area contributed by atoms with Gasteiger partial charge >= 0.3 is 0 Å². The Hall–Kier alpha value is -0.770. The first-order valence-corrected chi connectivity index (χ1v) is 6.18. The normalized spacial score (nSPS) is 33.2. The summed E-state index contributed by atoms with van der Waals surface area (Å²) >= 11 is 0. The summed E-state index contributed by atoms with van der Waals surface area (Å²) in [7, 11) is 1.69. The zero-order valence-corrected chi connectivity index (χ0v) is 11.4. The van der Waals surface area contributed by atoms with E-state index in [0.29, 0.717) is 6.61 Å². The van der Waals surface area contributed by atoms with Crippen LogP contribution in [0.2, 0.25) is 0 Å². The third-order valence-corrected chi connectivity index (χ3v) is 4.43. The van der Waals surface area contributed by atoms with Gasteiger partial charge in [0.15, 0.2) is 0 Å². The molecule has 0 aromatic heterocycles. The topological polar surface area (TPSA) is 41.5 Å². The zero-order valence-electron chi connectivity index (χ0n) is 10.6. The predicted molar refractivity (Wildman–Crippen MR) is 73.5 cm³/mol. The first-order chi connectivity index (χ1) is 8.22. The molecule has 100 valence electrons. The van der Waals surface area contributed by atoms with Gasteiger partial charge in [-0.05, 0) is 30.5 Å². The SMILES string of the molecule is COc1ccc(C23CNCC(CO)(C2)C3)cc1.Cl. The van der Waals surface area contributed by atoms with E-state index in [9.17, 15) is 5.11 Å². The average Bonchev–Trinajstić information content (AvgIpc) is 2.38. The number of fused-ring (bicyclic) bond motifs is 2. The van der Waals surface area contributed by atoms with Gasteiger partial charge in [-0.3, -0.25) is 0 Å². The maximum absolute atomic E-state index is 9.47. The van der Waals surface area contributed by atoms with Gasteiger partial charge in [0.1, 0.15) is 5.75 Å². The van der Waals surface area contributed by atoms with Crippen LogP contribution in [0.3, 0.4) is 0 Å². The summed E-state index contributed by atoms with van der Waals surface area (Å²) in [6.45, 7) is 2.29. The van der Waals surface area contributed by atoms with E-state index >= 15 is 0 Å². The molecule has 4 heteroatoms.